The Balaban J connectivity index is 2.17. The predicted octanol–water partition coefficient (Wildman–Crippen LogP) is 1.29. The van der Waals surface area contributed by atoms with Gasteiger partial charge >= 0.3 is 0 Å². The van der Waals surface area contributed by atoms with Gasteiger partial charge in [0.15, 0.2) is 0 Å². The summed E-state index contributed by atoms with van der Waals surface area (Å²) in [6.07, 6.45) is 4.24. The molecule has 1 aromatic carbocycles. The molecule has 0 spiro atoms. The molecule has 2 rings (SSSR count). The summed E-state index contributed by atoms with van der Waals surface area (Å²) in [6, 6.07) is 10.4. The Morgan fingerprint density at radius 3 is 2.71 bits per heavy atom. The first kappa shape index (κ1) is 9.44. The zero-order valence-corrected chi connectivity index (χ0v) is 8.06. The molecule has 0 bridgehead atoms. The topological polar surface area (TPSA) is 32.3 Å². The zero-order chi connectivity index (χ0) is 9.80. The smallest absolute Gasteiger partial charge is 0.0517 e. The van der Waals surface area contributed by atoms with Crippen molar-refractivity contribution >= 4 is 0 Å². The molecule has 1 aliphatic rings. The van der Waals surface area contributed by atoms with Crippen LogP contribution in [0, 0.1) is 0 Å². The maximum atomic E-state index is 9.37. The van der Waals surface area contributed by atoms with Crippen molar-refractivity contribution in [3.8, 4) is 0 Å². The molecule has 14 heavy (non-hydrogen) atoms. The number of aliphatic hydroxyl groups is 1. The molecule has 2 nitrogen and oxygen atoms in total. The number of nitrogens with one attached hydrogen (secondary N) is 1. The van der Waals surface area contributed by atoms with Crippen molar-refractivity contribution in [1.82, 2.24) is 5.32 Å². The third-order valence-electron chi connectivity index (χ3n) is 2.67. The van der Waals surface area contributed by atoms with Gasteiger partial charge in [-0.15, -0.1) is 0 Å². The minimum atomic E-state index is 0.176. The van der Waals surface area contributed by atoms with Crippen molar-refractivity contribution in [1.29, 1.82) is 0 Å². The van der Waals surface area contributed by atoms with E-state index in [2.05, 4.69) is 29.6 Å². The number of benzene rings is 1. The van der Waals surface area contributed by atoms with Crippen LogP contribution in [0.15, 0.2) is 42.5 Å². The van der Waals surface area contributed by atoms with Crippen LogP contribution < -0.4 is 5.32 Å². The molecule has 2 atom stereocenters. The monoisotopic (exact) mass is 189 g/mol. The summed E-state index contributed by atoms with van der Waals surface area (Å²) >= 11 is 0. The van der Waals surface area contributed by atoms with E-state index in [1.165, 1.54) is 5.56 Å². The van der Waals surface area contributed by atoms with Crippen molar-refractivity contribution in [3.05, 3.63) is 48.0 Å². The van der Waals surface area contributed by atoms with Crippen LogP contribution in [0.5, 0.6) is 0 Å². The van der Waals surface area contributed by atoms with E-state index < -0.39 is 0 Å². The van der Waals surface area contributed by atoms with E-state index in [0.29, 0.717) is 0 Å². The lowest BCUT2D eigenvalue weighted by atomic mass is 9.93. The minimum absolute atomic E-state index is 0.176. The average molecular weight is 189 g/mol. The van der Waals surface area contributed by atoms with E-state index in [-0.39, 0.29) is 18.6 Å². The van der Waals surface area contributed by atoms with Gasteiger partial charge in [-0.25, -0.2) is 0 Å². The molecule has 1 aliphatic heterocycles. The van der Waals surface area contributed by atoms with Gasteiger partial charge in [-0.1, -0.05) is 42.5 Å². The first-order chi connectivity index (χ1) is 6.92. The molecule has 2 N–H and O–H groups in total. The third-order valence-corrected chi connectivity index (χ3v) is 2.67. The molecular formula is C12H15NO. The fourth-order valence-corrected chi connectivity index (χ4v) is 1.89. The highest BCUT2D eigenvalue weighted by Crippen LogP contribution is 2.21. The molecule has 74 valence electrons. The second-order valence-electron chi connectivity index (χ2n) is 3.56. The second kappa shape index (κ2) is 4.40. The van der Waals surface area contributed by atoms with Crippen molar-refractivity contribution in [2.45, 2.75) is 12.0 Å². The van der Waals surface area contributed by atoms with Gasteiger partial charge in [0.1, 0.15) is 0 Å². The molecule has 0 amide bonds. The average Bonchev–Trinajstić information content (AvgIpc) is 2.74. The van der Waals surface area contributed by atoms with Crippen LogP contribution in [-0.4, -0.2) is 24.3 Å². The summed E-state index contributed by atoms with van der Waals surface area (Å²) < 4.78 is 0. The molecule has 2 heteroatoms. The van der Waals surface area contributed by atoms with Gasteiger partial charge in [0.05, 0.1) is 6.61 Å². The standard InChI is InChI=1S/C12H15NO/c14-9-11(12-7-4-8-13-12)10-5-2-1-3-6-10/h1-7,11-14H,8-9H2/t11?,12-/m1/s1. The van der Waals surface area contributed by atoms with Crippen LogP contribution in [0.2, 0.25) is 0 Å². The fourth-order valence-electron chi connectivity index (χ4n) is 1.89. The van der Waals surface area contributed by atoms with E-state index in [0.717, 1.165) is 6.54 Å². The molecule has 0 aliphatic carbocycles. The molecule has 0 saturated heterocycles. The van der Waals surface area contributed by atoms with Crippen LogP contribution in [0.4, 0.5) is 0 Å². The third kappa shape index (κ3) is 1.86. The maximum absolute atomic E-state index is 9.37. The SMILES string of the molecule is OCC(c1ccccc1)[C@H]1C=CCN1. The van der Waals surface area contributed by atoms with Crippen LogP contribution in [0.25, 0.3) is 0 Å². The summed E-state index contributed by atoms with van der Waals surface area (Å²) in [5.41, 5.74) is 1.19. The summed E-state index contributed by atoms with van der Waals surface area (Å²) in [7, 11) is 0. The van der Waals surface area contributed by atoms with Gasteiger partial charge in [-0.3, -0.25) is 0 Å². The highest BCUT2D eigenvalue weighted by atomic mass is 16.3. The Kier molecular flexibility index (Phi) is 2.96. The Hall–Kier alpha value is -1.12. The quantitative estimate of drug-likeness (QED) is 0.702. The van der Waals surface area contributed by atoms with Crippen LogP contribution in [0.3, 0.4) is 0 Å². The Labute approximate surface area is 84.3 Å². The van der Waals surface area contributed by atoms with Crippen molar-refractivity contribution in [2.24, 2.45) is 0 Å². The summed E-state index contributed by atoms with van der Waals surface area (Å²) in [6.45, 7) is 1.10. The van der Waals surface area contributed by atoms with Crippen molar-refractivity contribution in [2.75, 3.05) is 13.2 Å². The fraction of sp³-hybridized carbons (Fsp3) is 0.333. The molecular weight excluding hydrogens is 174 g/mol. The predicted molar refractivity (Wildman–Crippen MR) is 57.2 cm³/mol. The first-order valence-electron chi connectivity index (χ1n) is 4.97. The first-order valence-corrected chi connectivity index (χ1v) is 4.97. The van der Waals surface area contributed by atoms with Gasteiger partial charge in [-0.05, 0) is 5.56 Å². The van der Waals surface area contributed by atoms with Crippen LogP contribution in [0.1, 0.15) is 11.5 Å². The van der Waals surface area contributed by atoms with E-state index in [4.69, 9.17) is 0 Å². The van der Waals surface area contributed by atoms with Gasteiger partial charge < -0.3 is 10.4 Å². The summed E-state index contributed by atoms with van der Waals surface area (Å²) in [5, 5.41) is 12.7. The van der Waals surface area contributed by atoms with Crippen LogP contribution >= 0.6 is 0 Å². The van der Waals surface area contributed by atoms with Crippen molar-refractivity contribution < 1.29 is 5.11 Å². The molecule has 0 radical (unpaired) electrons. The van der Waals surface area contributed by atoms with Crippen molar-refractivity contribution in [3.63, 3.8) is 0 Å². The number of rotatable bonds is 3. The largest absolute Gasteiger partial charge is 0.396 e. The number of hydrogen-bond donors (Lipinski definition) is 2. The lowest BCUT2D eigenvalue weighted by Gasteiger charge is -2.20. The molecule has 1 heterocycles. The Morgan fingerprint density at radius 2 is 2.14 bits per heavy atom. The molecule has 1 aromatic rings. The Morgan fingerprint density at radius 1 is 1.36 bits per heavy atom. The van der Waals surface area contributed by atoms with E-state index in [1.807, 2.05) is 18.2 Å². The number of aliphatic hydroxyl groups excluding tert-OH is 1. The highest BCUT2D eigenvalue weighted by molar-refractivity contribution is 5.24. The second-order valence-corrected chi connectivity index (χ2v) is 3.56. The molecule has 1 unspecified atom stereocenters. The lowest BCUT2D eigenvalue weighted by molar-refractivity contribution is 0.251. The molecule has 0 fully saturated rings. The lowest BCUT2D eigenvalue weighted by Crippen LogP contribution is -2.31. The van der Waals surface area contributed by atoms with Gasteiger partial charge in [0.25, 0.3) is 0 Å². The maximum Gasteiger partial charge on any atom is 0.0517 e. The Bertz CT molecular complexity index is 307. The zero-order valence-electron chi connectivity index (χ0n) is 8.06. The normalized spacial score (nSPS) is 22.5. The van der Waals surface area contributed by atoms with Gasteiger partial charge in [0.2, 0.25) is 0 Å². The highest BCUT2D eigenvalue weighted by Gasteiger charge is 2.21. The van der Waals surface area contributed by atoms with E-state index in [1.54, 1.807) is 0 Å². The van der Waals surface area contributed by atoms with Crippen LogP contribution in [-0.2, 0) is 0 Å². The van der Waals surface area contributed by atoms with E-state index in [9.17, 15) is 5.11 Å². The van der Waals surface area contributed by atoms with E-state index >= 15 is 0 Å². The minimum Gasteiger partial charge on any atom is -0.396 e. The summed E-state index contributed by atoms with van der Waals surface area (Å²) in [5.74, 6) is 0.176. The van der Waals surface area contributed by atoms with Gasteiger partial charge in [0, 0.05) is 18.5 Å². The molecule has 0 saturated carbocycles. The molecule has 0 aromatic heterocycles. The number of hydrogen-bond acceptors (Lipinski definition) is 2. The summed E-state index contributed by atoms with van der Waals surface area (Å²) in [4.78, 5) is 0. The van der Waals surface area contributed by atoms with Gasteiger partial charge in [-0.2, -0.15) is 0 Å².